The molecule has 448 valence electrons. The minimum absolute atomic E-state index is 1.05. The van der Waals surface area contributed by atoms with E-state index in [0.717, 1.165) is 0 Å². The normalized spacial score (nSPS) is 55.4. The third-order valence-corrected chi connectivity index (χ3v) is 14.8. The monoisotopic (exact) mass is 1130 g/mol. The van der Waals surface area contributed by atoms with Crippen LogP contribution in [-0.2, 0) is 66.3 Å². The largest absolute Gasteiger partial charge is 0.394 e. The van der Waals surface area contributed by atoms with Gasteiger partial charge in [0.15, 0.2) is 44.0 Å². The van der Waals surface area contributed by atoms with E-state index < -0.39 is 261 Å². The van der Waals surface area contributed by atoms with E-state index in [-0.39, 0.29) is 0 Å². The van der Waals surface area contributed by atoms with Crippen molar-refractivity contribution in [1.29, 1.82) is 0 Å². The summed E-state index contributed by atoms with van der Waals surface area (Å²) in [6, 6.07) is 0. The standard InChI is InChI=1S/C42H70O35/c43-1-8-29-15(50)22(57)36(64-8)72-30-9(2-44)66-38(24(59)17(30)52)74-32-11(4-46)68-40(26(61)19(32)54)76-34-13(6-48)70-42(28(63)21(34)56)77-35-14(7-49)69-41(27(62)20(35)55)75-33-12(5-47)67-39(25(60)18(33)53)73-31-10(3-45)65-37(71-29)23(58)16(31)51/h8-63H,1-7H2/t8-,9-,10-,11-,12-,13-,14+,15-,16-,17-,18-,19-,20+,21-,22-,23-,24-,25-,26-,27+,28-,29-,30-,31-,32-,33-,34-,35?,36-,37-,38-,39-,40-,41+,42+/m1/s1. The van der Waals surface area contributed by atoms with Gasteiger partial charge in [-0.1, -0.05) is 0 Å². The highest BCUT2D eigenvalue weighted by Gasteiger charge is 2.59. The second-order valence-corrected chi connectivity index (χ2v) is 19.7. The van der Waals surface area contributed by atoms with Gasteiger partial charge in [0, 0.05) is 0 Å². The summed E-state index contributed by atoms with van der Waals surface area (Å²) in [5.41, 5.74) is 0. The summed E-state index contributed by atoms with van der Waals surface area (Å²) in [7, 11) is 0. The maximum atomic E-state index is 11.3. The first-order chi connectivity index (χ1) is 36.7. The Bertz CT molecular complexity index is 1470. The van der Waals surface area contributed by atoms with Gasteiger partial charge in [-0.3, -0.25) is 0 Å². The van der Waals surface area contributed by atoms with E-state index in [2.05, 4.69) is 0 Å². The molecule has 0 amide bonds. The molecule has 0 aromatic heterocycles. The Labute approximate surface area is 434 Å². The molecular weight excluding hydrogens is 1060 g/mol. The van der Waals surface area contributed by atoms with Crippen LogP contribution in [0, 0.1) is 0 Å². The molecule has 77 heavy (non-hydrogen) atoms. The van der Waals surface area contributed by atoms with Gasteiger partial charge in [0.1, 0.15) is 171 Å². The van der Waals surface area contributed by atoms with Crippen molar-refractivity contribution in [3.63, 3.8) is 0 Å². The van der Waals surface area contributed by atoms with Gasteiger partial charge in [-0.25, -0.2) is 0 Å². The molecule has 0 spiro atoms. The Hall–Kier alpha value is -1.40. The average molecular weight is 1130 g/mol. The quantitative estimate of drug-likeness (QED) is 0.113. The van der Waals surface area contributed by atoms with E-state index in [4.69, 9.17) is 66.3 Å². The van der Waals surface area contributed by atoms with Crippen LogP contribution in [0.5, 0.6) is 0 Å². The highest BCUT2D eigenvalue weighted by Crippen LogP contribution is 2.39. The van der Waals surface area contributed by atoms with Crippen LogP contribution in [0.15, 0.2) is 0 Å². The number of aliphatic hydroxyl groups excluding tert-OH is 21. The number of ether oxygens (including phenoxy) is 14. The van der Waals surface area contributed by atoms with Crippen LogP contribution in [0.3, 0.4) is 0 Å². The lowest BCUT2D eigenvalue weighted by atomic mass is 9.95. The van der Waals surface area contributed by atoms with Gasteiger partial charge in [0.25, 0.3) is 0 Å². The fourth-order valence-electron chi connectivity index (χ4n) is 10.4. The van der Waals surface area contributed by atoms with Crippen molar-refractivity contribution >= 4 is 0 Å². The molecule has 21 heterocycles. The predicted molar refractivity (Wildman–Crippen MR) is 228 cm³/mol. The lowest BCUT2D eigenvalue weighted by molar-refractivity contribution is -0.396. The van der Waals surface area contributed by atoms with E-state index in [1.54, 1.807) is 0 Å². The summed E-state index contributed by atoms with van der Waals surface area (Å²) < 4.78 is 79.5. The molecule has 21 aliphatic rings. The molecule has 0 aromatic carbocycles. The van der Waals surface area contributed by atoms with Gasteiger partial charge < -0.3 is 174 Å². The molecule has 35 heteroatoms. The first-order valence-corrected chi connectivity index (χ1v) is 24.6. The third-order valence-electron chi connectivity index (χ3n) is 14.8. The van der Waals surface area contributed by atoms with Crippen LogP contribution in [0.25, 0.3) is 0 Å². The van der Waals surface area contributed by atoms with Gasteiger partial charge in [0.2, 0.25) is 0 Å². The zero-order valence-electron chi connectivity index (χ0n) is 40.3. The molecule has 35 atom stereocenters. The molecule has 0 aromatic rings. The summed E-state index contributed by atoms with van der Waals surface area (Å²) in [5.74, 6) is 0. The van der Waals surface area contributed by atoms with Crippen LogP contribution >= 0.6 is 0 Å². The van der Waals surface area contributed by atoms with Gasteiger partial charge >= 0.3 is 0 Å². The Morgan fingerprint density at radius 2 is 0.260 bits per heavy atom. The van der Waals surface area contributed by atoms with Crippen molar-refractivity contribution in [3.8, 4) is 0 Å². The number of hydrogen-bond donors (Lipinski definition) is 21. The lowest BCUT2D eigenvalue weighted by Crippen LogP contribution is -2.68. The van der Waals surface area contributed by atoms with Crippen LogP contribution in [0.1, 0.15) is 0 Å². The second kappa shape index (κ2) is 26.0. The second-order valence-electron chi connectivity index (χ2n) is 19.7. The molecule has 21 aliphatic heterocycles. The summed E-state index contributed by atoms with van der Waals surface area (Å²) in [6.07, 6.45) is -70.2. The molecule has 0 saturated carbocycles. The summed E-state index contributed by atoms with van der Waals surface area (Å²) >= 11 is 0. The summed E-state index contributed by atoms with van der Waals surface area (Å²) in [4.78, 5) is 0. The van der Waals surface area contributed by atoms with Gasteiger partial charge in [-0.15, -0.1) is 0 Å². The maximum absolute atomic E-state index is 11.3. The molecule has 21 N–H and O–H groups in total. The topological polar surface area (TPSA) is 554 Å². The maximum Gasteiger partial charge on any atom is 0.187 e. The smallest absolute Gasteiger partial charge is 0.187 e. The molecule has 21 fully saturated rings. The SMILES string of the molecule is OC[C@@H]1O[C@H]2O[C@H]3[C@H](O)[C@@H](O)[C@@H](O[C@H]4[C@H](O)[C@@H](O)[C@@H](O[C@H]5[C@H](O)[C@@H](O)[C@@H](O[C@H]6[C@H](O)[C@@H](O)[C@@H](O[C@H]7[C@H](O)[C@@H](O)[C@@H](O[C@H]8[C@H](O)[C@@H](O)[C@H](OC1[C@@H](O)[C@@H]2O)O[C@@H]8CO)O[C@@H]7CO)O[C@@H]6CO)O[C@@H]5CO)O[C@@H]4CO)O[C@@H]3CO. The van der Waals surface area contributed by atoms with Crippen LogP contribution in [-0.4, -0.2) is 368 Å². The molecule has 1 unspecified atom stereocenters. The van der Waals surface area contributed by atoms with Crippen molar-refractivity contribution in [2.24, 2.45) is 0 Å². The molecule has 35 nitrogen and oxygen atoms in total. The Morgan fingerprint density at radius 3 is 0.351 bits per heavy atom. The highest BCUT2D eigenvalue weighted by molar-refractivity contribution is 5.01. The van der Waals surface area contributed by atoms with Crippen molar-refractivity contribution in [1.82, 2.24) is 0 Å². The van der Waals surface area contributed by atoms with Gasteiger partial charge in [0.05, 0.1) is 46.2 Å². The van der Waals surface area contributed by atoms with Crippen LogP contribution in [0.2, 0.25) is 0 Å². The minimum atomic E-state index is -2.21. The van der Waals surface area contributed by atoms with Crippen molar-refractivity contribution < 1.29 is 174 Å². The van der Waals surface area contributed by atoms with E-state index in [1.807, 2.05) is 0 Å². The Morgan fingerprint density at radius 1 is 0.156 bits per heavy atom. The number of hydrogen-bond acceptors (Lipinski definition) is 35. The number of rotatable bonds is 7. The fourth-order valence-corrected chi connectivity index (χ4v) is 10.4. The van der Waals surface area contributed by atoms with Crippen molar-refractivity contribution in [2.75, 3.05) is 46.2 Å². The lowest BCUT2D eigenvalue weighted by Gasteiger charge is -2.50. The van der Waals surface area contributed by atoms with E-state index in [0.29, 0.717) is 0 Å². The highest BCUT2D eigenvalue weighted by atomic mass is 16.8. The Balaban J connectivity index is 1.08. The molecule has 21 saturated heterocycles. The van der Waals surface area contributed by atoms with E-state index in [1.165, 1.54) is 0 Å². The van der Waals surface area contributed by atoms with Crippen LogP contribution in [0.4, 0.5) is 0 Å². The van der Waals surface area contributed by atoms with Crippen LogP contribution < -0.4 is 0 Å². The van der Waals surface area contributed by atoms with Gasteiger partial charge in [-0.2, -0.15) is 0 Å². The molecule has 21 rings (SSSR count). The number of aliphatic hydroxyl groups is 21. The molecular formula is C42H70O35. The average Bonchev–Trinajstić information content (AvgIpc) is 3.45. The fraction of sp³-hybridized carbons (Fsp3) is 1.00. The molecule has 0 aliphatic carbocycles. The van der Waals surface area contributed by atoms with E-state index in [9.17, 15) is 107 Å². The molecule has 0 radical (unpaired) electrons. The van der Waals surface area contributed by atoms with Crippen molar-refractivity contribution in [3.05, 3.63) is 0 Å². The van der Waals surface area contributed by atoms with E-state index >= 15 is 0 Å². The summed E-state index contributed by atoms with van der Waals surface area (Å²) in [5, 5.41) is 230. The third kappa shape index (κ3) is 12.1. The predicted octanol–water partition coefficient (Wildman–Crippen LogP) is -15.2. The molecule has 14 bridgehead atoms. The Kier molecular flexibility index (Phi) is 20.8. The minimum Gasteiger partial charge on any atom is -0.394 e. The zero-order valence-corrected chi connectivity index (χ0v) is 40.3. The summed E-state index contributed by atoms with van der Waals surface area (Å²) in [6.45, 7) is -7.33. The first kappa shape index (κ1) is 61.7. The first-order valence-electron chi connectivity index (χ1n) is 24.6. The van der Waals surface area contributed by atoms with Crippen molar-refractivity contribution in [2.45, 2.75) is 215 Å². The van der Waals surface area contributed by atoms with Gasteiger partial charge in [-0.05, 0) is 0 Å². The zero-order chi connectivity index (χ0) is 56.1.